The zero-order valence-corrected chi connectivity index (χ0v) is 12.6. The number of likely N-dealkylation sites (tertiary alicyclic amines) is 1. The van der Waals surface area contributed by atoms with Crippen LogP contribution >= 0.6 is 0 Å². The quantitative estimate of drug-likeness (QED) is 0.845. The maximum atomic E-state index is 13.0. The summed E-state index contributed by atoms with van der Waals surface area (Å²) in [7, 11) is 0. The van der Waals surface area contributed by atoms with E-state index < -0.39 is 0 Å². The lowest BCUT2D eigenvalue weighted by Gasteiger charge is -2.32. The highest BCUT2D eigenvalue weighted by molar-refractivity contribution is 5.17. The van der Waals surface area contributed by atoms with Gasteiger partial charge in [-0.1, -0.05) is 12.1 Å². The molecule has 4 heteroatoms. The Kier molecular flexibility index (Phi) is 5.01. The van der Waals surface area contributed by atoms with E-state index in [1.165, 1.54) is 25.0 Å². The van der Waals surface area contributed by atoms with E-state index in [2.05, 4.69) is 9.88 Å². The molecule has 1 aliphatic heterocycles. The van der Waals surface area contributed by atoms with Crippen LogP contribution in [-0.2, 0) is 6.54 Å². The van der Waals surface area contributed by atoms with E-state index in [4.69, 9.17) is 4.74 Å². The molecule has 0 N–H and O–H groups in total. The average molecular weight is 300 g/mol. The number of aromatic nitrogens is 1. The van der Waals surface area contributed by atoms with E-state index in [9.17, 15) is 4.39 Å². The van der Waals surface area contributed by atoms with Crippen molar-refractivity contribution in [1.29, 1.82) is 0 Å². The number of nitrogens with zero attached hydrogens (tertiary/aromatic N) is 2. The van der Waals surface area contributed by atoms with Gasteiger partial charge in [0.1, 0.15) is 11.6 Å². The lowest BCUT2D eigenvalue weighted by Crippen LogP contribution is -2.37. The minimum atomic E-state index is -0.175. The minimum absolute atomic E-state index is 0.175. The van der Waals surface area contributed by atoms with Crippen LogP contribution in [0.3, 0.4) is 0 Å². The van der Waals surface area contributed by atoms with Gasteiger partial charge < -0.3 is 4.74 Å². The summed E-state index contributed by atoms with van der Waals surface area (Å²) in [5.41, 5.74) is 1.16. The van der Waals surface area contributed by atoms with Crippen LogP contribution in [0.1, 0.15) is 18.4 Å². The maximum absolute atomic E-state index is 13.0. The van der Waals surface area contributed by atoms with E-state index in [0.29, 0.717) is 5.92 Å². The highest BCUT2D eigenvalue weighted by Gasteiger charge is 2.20. The Morgan fingerprint density at radius 1 is 1.14 bits per heavy atom. The number of hydrogen-bond acceptors (Lipinski definition) is 3. The third kappa shape index (κ3) is 4.28. The fourth-order valence-corrected chi connectivity index (χ4v) is 2.93. The van der Waals surface area contributed by atoms with Gasteiger partial charge in [0.15, 0.2) is 0 Å². The molecule has 1 aromatic heterocycles. The van der Waals surface area contributed by atoms with Gasteiger partial charge in [0, 0.05) is 31.4 Å². The molecule has 2 aromatic rings. The molecule has 3 rings (SSSR count). The van der Waals surface area contributed by atoms with Crippen LogP contribution in [0.4, 0.5) is 4.39 Å². The van der Waals surface area contributed by atoms with Crippen molar-refractivity contribution in [3.8, 4) is 5.75 Å². The molecule has 0 saturated carbocycles. The maximum Gasteiger partial charge on any atom is 0.123 e. The minimum Gasteiger partial charge on any atom is -0.493 e. The SMILES string of the molecule is Fc1ccc(CN2CCCC(COc3ccncc3)C2)cc1. The number of piperidine rings is 1. The highest BCUT2D eigenvalue weighted by Crippen LogP contribution is 2.20. The number of pyridine rings is 1. The van der Waals surface area contributed by atoms with Gasteiger partial charge in [0.25, 0.3) is 0 Å². The molecule has 1 atom stereocenters. The summed E-state index contributed by atoms with van der Waals surface area (Å²) in [6.07, 6.45) is 5.88. The first kappa shape index (κ1) is 15.0. The fraction of sp³-hybridized carbons (Fsp3) is 0.389. The molecule has 1 saturated heterocycles. The Morgan fingerprint density at radius 3 is 2.68 bits per heavy atom. The van der Waals surface area contributed by atoms with Crippen molar-refractivity contribution in [2.45, 2.75) is 19.4 Å². The van der Waals surface area contributed by atoms with Crippen LogP contribution in [0.2, 0.25) is 0 Å². The standard InChI is InChI=1S/C18H21FN2O/c19-17-5-3-15(4-6-17)12-21-11-1-2-16(13-21)14-22-18-7-9-20-10-8-18/h3-10,16H,1-2,11-14H2. The first-order valence-electron chi connectivity index (χ1n) is 7.79. The lowest BCUT2D eigenvalue weighted by molar-refractivity contribution is 0.125. The summed E-state index contributed by atoms with van der Waals surface area (Å²) >= 11 is 0. The number of hydrogen-bond donors (Lipinski definition) is 0. The number of halogens is 1. The van der Waals surface area contributed by atoms with Gasteiger partial charge in [-0.3, -0.25) is 9.88 Å². The highest BCUT2D eigenvalue weighted by atomic mass is 19.1. The smallest absolute Gasteiger partial charge is 0.123 e. The van der Waals surface area contributed by atoms with Gasteiger partial charge in [0.2, 0.25) is 0 Å². The Labute approximate surface area is 130 Å². The lowest BCUT2D eigenvalue weighted by atomic mass is 9.98. The second-order valence-electron chi connectivity index (χ2n) is 5.86. The van der Waals surface area contributed by atoms with Gasteiger partial charge in [0.05, 0.1) is 6.61 Å². The van der Waals surface area contributed by atoms with Gasteiger partial charge in [-0.05, 0) is 49.2 Å². The average Bonchev–Trinajstić information content (AvgIpc) is 2.57. The van der Waals surface area contributed by atoms with Crippen molar-refractivity contribution in [3.05, 3.63) is 60.2 Å². The van der Waals surface area contributed by atoms with Crippen LogP contribution in [-0.4, -0.2) is 29.6 Å². The molecule has 0 aliphatic carbocycles. The largest absolute Gasteiger partial charge is 0.493 e. The zero-order valence-electron chi connectivity index (χ0n) is 12.6. The second kappa shape index (κ2) is 7.36. The molecule has 0 radical (unpaired) electrons. The summed E-state index contributed by atoms with van der Waals surface area (Å²) in [5.74, 6) is 1.25. The van der Waals surface area contributed by atoms with Gasteiger partial charge in [-0.2, -0.15) is 0 Å². The predicted molar refractivity (Wildman–Crippen MR) is 84.1 cm³/mol. The molecule has 116 valence electrons. The molecule has 1 aromatic carbocycles. The van der Waals surface area contributed by atoms with E-state index >= 15 is 0 Å². The summed E-state index contributed by atoms with van der Waals surface area (Å²) in [6, 6.07) is 10.6. The van der Waals surface area contributed by atoms with Crippen molar-refractivity contribution in [2.24, 2.45) is 5.92 Å². The molecule has 2 heterocycles. The first-order valence-corrected chi connectivity index (χ1v) is 7.79. The van der Waals surface area contributed by atoms with E-state index in [1.807, 2.05) is 24.3 Å². The van der Waals surface area contributed by atoms with Crippen LogP contribution in [0, 0.1) is 11.7 Å². The molecule has 0 amide bonds. The van der Waals surface area contributed by atoms with Crippen molar-refractivity contribution < 1.29 is 9.13 Å². The molecule has 1 fully saturated rings. The molecule has 22 heavy (non-hydrogen) atoms. The summed E-state index contributed by atoms with van der Waals surface area (Å²) in [5, 5.41) is 0. The van der Waals surface area contributed by atoms with Gasteiger partial charge in [-0.15, -0.1) is 0 Å². The van der Waals surface area contributed by atoms with E-state index in [-0.39, 0.29) is 5.82 Å². The van der Waals surface area contributed by atoms with Crippen molar-refractivity contribution >= 4 is 0 Å². The Morgan fingerprint density at radius 2 is 1.91 bits per heavy atom. The summed E-state index contributed by atoms with van der Waals surface area (Å²) in [4.78, 5) is 6.42. The molecule has 0 bridgehead atoms. The Bertz CT molecular complexity index is 573. The normalized spacial score (nSPS) is 19.0. The third-order valence-corrected chi connectivity index (χ3v) is 4.06. The van der Waals surface area contributed by atoms with Crippen LogP contribution in [0.25, 0.3) is 0 Å². The van der Waals surface area contributed by atoms with Crippen LogP contribution < -0.4 is 4.74 Å². The Hall–Kier alpha value is -1.94. The van der Waals surface area contributed by atoms with E-state index in [1.54, 1.807) is 12.4 Å². The van der Waals surface area contributed by atoms with Gasteiger partial charge >= 0.3 is 0 Å². The van der Waals surface area contributed by atoms with Crippen molar-refractivity contribution in [3.63, 3.8) is 0 Å². The number of rotatable bonds is 5. The number of ether oxygens (including phenoxy) is 1. The second-order valence-corrected chi connectivity index (χ2v) is 5.86. The van der Waals surface area contributed by atoms with Crippen LogP contribution in [0.15, 0.2) is 48.8 Å². The first-order chi connectivity index (χ1) is 10.8. The van der Waals surface area contributed by atoms with Crippen LogP contribution in [0.5, 0.6) is 5.75 Å². The Balaban J connectivity index is 1.49. The number of benzene rings is 1. The topological polar surface area (TPSA) is 25.4 Å². The zero-order chi connectivity index (χ0) is 15.2. The molecule has 0 spiro atoms. The summed E-state index contributed by atoms with van der Waals surface area (Å²) in [6.45, 7) is 3.75. The molecule has 3 nitrogen and oxygen atoms in total. The van der Waals surface area contributed by atoms with Gasteiger partial charge in [-0.25, -0.2) is 4.39 Å². The predicted octanol–water partition coefficient (Wildman–Crippen LogP) is 3.51. The summed E-state index contributed by atoms with van der Waals surface area (Å²) < 4.78 is 18.8. The molecular formula is C18H21FN2O. The molecule has 1 aliphatic rings. The third-order valence-electron chi connectivity index (χ3n) is 4.06. The van der Waals surface area contributed by atoms with E-state index in [0.717, 1.165) is 37.6 Å². The monoisotopic (exact) mass is 300 g/mol. The fourth-order valence-electron chi connectivity index (χ4n) is 2.93. The molecule has 1 unspecified atom stereocenters. The van der Waals surface area contributed by atoms with Crippen molar-refractivity contribution in [2.75, 3.05) is 19.7 Å². The van der Waals surface area contributed by atoms with Crippen molar-refractivity contribution in [1.82, 2.24) is 9.88 Å². The molecular weight excluding hydrogens is 279 g/mol.